The molecule has 0 N–H and O–H groups in total. The summed E-state index contributed by atoms with van der Waals surface area (Å²) in [6.45, 7) is 8.90. The second-order valence-electron chi connectivity index (χ2n) is 3.16. The molecule has 0 aliphatic rings. The molecule has 10 heavy (non-hydrogen) atoms. The van der Waals surface area contributed by atoms with Gasteiger partial charge in [0.2, 0.25) is 0 Å². The molecule has 0 rings (SSSR count). The molecular formula is C9H16W. The van der Waals surface area contributed by atoms with Crippen molar-refractivity contribution in [2.45, 2.75) is 27.7 Å². The summed E-state index contributed by atoms with van der Waals surface area (Å²) in [5.74, 6) is 1.41. The van der Waals surface area contributed by atoms with Crippen LogP contribution in [0, 0.1) is 11.8 Å². The zero-order valence-corrected chi connectivity index (χ0v) is 10.2. The summed E-state index contributed by atoms with van der Waals surface area (Å²) >= 11 is 1.60. The summed E-state index contributed by atoms with van der Waals surface area (Å²) in [5.41, 5.74) is 0. The maximum absolute atomic E-state index is 2.27. The van der Waals surface area contributed by atoms with Crippen molar-refractivity contribution in [1.29, 1.82) is 0 Å². The first-order valence-electron chi connectivity index (χ1n) is 3.76. The minimum absolute atomic E-state index is 0.688. The number of allylic oxidation sites excluding steroid dienone is 2. The van der Waals surface area contributed by atoms with Gasteiger partial charge in [0, 0.05) is 0 Å². The Hall–Kier alpha value is 0.298. The summed E-state index contributed by atoms with van der Waals surface area (Å²) in [7, 11) is 0. The normalized spacial score (nSPS) is 11.8. The van der Waals surface area contributed by atoms with Crippen LogP contribution in [0.4, 0.5) is 0 Å². The second kappa shape index (κ2) is 5.02. The Morgan fingerprint density at radius 1 is 1.20 bits per heavy atom. The van der Waals surface area contributed by atoms with Crippen molar-refractivity contribution in [2.24, 2.45) is 11.8 Å². The molecule has 1 heteroatoms. The first kappa shape index (κ1) is 10.3. The van der Waals surface area contributed by atoms with E-state index in [1.807, 2.05) is 0 Å². The van der Waals surface area contributed by atoms with Gasteiger partial charge < -0.3 is 0 Å². The Morgan fingerprint density at radius 3 is 2.00 bits per heavy atom. The zero-order valence-electron chi connectivity index (χ0n) is 7.22. The van der Waals surface area contributed by atoms with E-state index in [9.17, 15) is 0 Å². The zero-order chi connectivity index (χ0) is 8.15. The Labute approximate surface area is 75.1 Å². The van der Waals surface area contributed by atoms with E-state index < -0.39 is 0 Å². The molecule has 0 fully saturated rings. The summed E-state index contributed by atoms with van der Waals surface area (Å²) < 4.78 is 1.55. The molecule has 0 nitrogen and oxygen atoms in total. The fraction of sp³-hybridized carbons (Fsp3) is 0.667. The molecule has 0 unspecified atom stereocenters. The van der Waals surface area contributed by atoms with E-state index in [0.717, 1.165) is 5.92 Å². The van der Waals surface area contributed by atoms with Crippen LogP contribution in [0.3, 0.4) is 0 Å². The molecule has 0 spiro atoms. The third-order valence-electron chi connectivity index (χ3n) is 1.21. The summed E-state index contributed by atoms with van der Waals surface area (Å²) in [6, 6.07) is 0. The van der Waals surface area contributed by atoms with Crippen molar-refractivity contribution in [2.75, 3.05) is 0 Å². The molecule has 0 aromatic carbocycles. The Morgan fingerprint density at radius 2 is 1.70 bits per heavy atom. The van der Waals surface area contributed by atoms with Gasteiger partial charge in [-0.25, -0.2) is 0 Å². The van der Waals surface area contributed by atoms with E-state index in [2.05, 4.69) is 39.8 Å². The van der Waals surface area contributed by atoms with Crippen molar-refractivity contribution < 1.29 is 19.4 Å². The van der Waals surface area contributed by atoms with Crippen molar-refractivity contribution in [3.63, 3.8) is 0 Å². The fourth-order valence-electron chi connectivity index (χ4n) is 0.480. The fourth-order valence-corrected chi connectivity index (χ4v) is 0.762. The van der Waals surface area contributed by atoms with Gasteiger partial charge in [0.05, 0.1) is 0 Å². The average molecular weight is 308 g/mol. The van der Waals surface area contributed by atoms with E-state index >= 15 is 0 Å². The molecular weight excluding hydrogens is 292 g/mol. The first-order chi connectivity index (χ1) is 4.54. The van der Waals surface area contributed by atoms with Crippen molar-refractivity contribution in [1.82, 2.24) is 0 Å². The molecule has 0 aromatic heterocycles. The summed E-state index contributed by atoms with van der Waals surface area (Å²) in [5, 5.41) is 0. The van der Waals surface area contributed by atoms with Gasteiger partial charge >= 0.3 is 74.9 Å². The van der Waals surface area contributed by atoms with Crippen molar-refractivity contribution >= 4 is 3.90 Å². The minimum atomic E-state index is 0.688. The molecule has 0 atom stereocenters. The monoisotopic (exact) mass is 308 g/mol. The second-order valence-corrected chi connectivity index (χ2v) is 4.85. The van der Waals surface area contributed by atoms with Crippen LogP contribution < -0.4 is 0 Å². The molecule has 0 bridgehead atoms. The third-order valence-corrected chi connectivity index (χ3v) is 3.40. The molecule has 0 radical (unpaired) electrons. The van der Waals surface area contributed by atoms with Gasteiger partial charge in [0.15, 0.2) is 0 Å². The maximum atomic E-state index is 2.27. The average Bonchev–Trinajstić information content (AvgIpc) is 1.82. The van der Waals surface area contributed by atoms with Gasteiger partial charge in [-0.3, -0.25) is 0 Å². The SMILES string of the molecule is CC(C)/C=C/[C](=[W])C(C)C. The van der Waals surface area contributed by atoms with Crippen LogP contribution in [0.5, 0.6) is 0 Å². The molecule has 0 aliphatic carbocycles. The van der Waals surface area contributed by atoms with Crippen molar-refractivity contribution in [3.05, 3.63) is 12.2 Å². The Balaban J connectivity index is 3.79. The predicted molar refractivity (Wildman–Crippen MR) is 43.8 cm³/mol. The number of rotatable bonds is 3. The van der Waals surface area contributed by atoms with Crippen LogP contribution in [0.1, 0.15) is 27.7 Å². The van der Waals surface area contributed by atoms with Gasteiger partial charge in [-0.15, -0.1) is 0 Å². The van der Waals surface area contributed by atoms with E-state index in [0.29, 0.717) is 5.92 Å². The van der Waals surface area contributed by atoms with Crippen LogP contribution in [0.15, 0.2) is 12.2 Å². The van der Waals surface area contributed by atoms with E-state index in [4.69, 9.17) is 0 Å². The van der Waals surface area contributed by atoms with E-state index in [1.54, 1.807) is 23.3 Å². The van der Waals surface area contributed by atoms with Crippen molar-refractivity contribution in [3.8, 4) is 0 Å². The quantitative estimate of drug-likeness (QED) is 0.752. The molecule has 0 aromatic rings. The standard InChI is InChI=1S/C9H16.W/c1-8(2)6-5-7-9(3)4;/h5-6,8-9H,1-4H3;/b6-5+;. The Kier molecular flexibility index (Phi) is 5.17. The van der Waals surface area contributed by atoms with Gasteiger partial charge in [-0.2, -0.15) is 0 Å². The topological polar surface area (TPSA) is 0 Å². The van der Waals surface area contributed by atoms with E-state index in [-0.39, 0.29) is 0 Å². The number of hydrogen-bond acceptors (Lipinski definition) is 0. The first-order valence-corrected chi connectivity index (χ1v) is 5.22. The third kappa shape index (κ3) is 5.11. The van der Waals surface area contributed by atoms with Crippen LogP contribution in [0.2, 0.25) is 0 Å². The van der Waals surface area contributed by atoms with Crippen LogP contribution >= 0.6 is 0 Å². The van der Waals surface area contributed by atoms with Gasteiger partial charge in [0.25, 0.3) is 0 Å². The Bertz CT molecular complexity index is 132. The molecule has 0 heterocycles. The van der Waals surface area contributed by atoms with Crippen LogP contribution in [-0.2, 0) is 19.4 Å². The van der Waals surface area contributed by atoms with Crippen LogP contribution in [-0.4, -0.2) is 3.90 Å². The van der Waals surface area contributed by atoms with E-state index in [1.165, 1.54) is 0 Å². The molecule has 58 valence electrons. The van der Waals surface area contributed by atoms with Crippen LogP contribution in [0.25, 0.3) is 0 Å². The number of hydrogen-bond donors (Lipinski definition) is 0. The molecule has 0 saturated carbocycles. The molecule has 0 aliphatic heterocycles. The molecule has 0 amide bonds. The predicted octanol–water partition coefficient (Wildman–Crippen LogP) is 2.57. The van der Waals surface area contributed by atoms with Gasteiger partial charge in [-0.05, 0) is 0 Å². The van der Waals surface area contributed by atoms with Gasteiger partial charge in [0.1, 0.15) is 0 Å². The van der Waals surface area contributed by atoms with Gasteiger partial charge in [-0.1, -0.05) is 0 Å². The molecule has 0 saturated heterocycles. The summed E-state index contributed by atoms with van der Waals surface area (Å²) in [6.07, 6.45) is 4.53. The summed E-state index contributed by atoms with van der Waals surface area (Å²) in [4.78, 5) is 0.